The summed E-state index contributed by atoms with van der Waals surface area (Å²) in [5.41, 5.74) is 3.32. The van der Waals surface area contributed by atoms with Gasteiger partial charge in [0.1, 0.15) is 11.5 Å². The molecule has 1 unspecified atom stereocenters. The van der Waals surface area contributed by atoms with Crippen LogP contribution in [0, 0.1) is 11.3 Å². The van der Waals surface area contributed by atoms with E-state index in [4.69, 9.17) is 28.6 Å². The number of anilines is 1. The van der Waals surface area contributed by atoms with E-state index in [9.17, 15) is 4.79 Å². The van der Waals surface area contributed by atoms with E-state index >= 15 is 0 Å². The molecule has 0 saturated carbocycles. The number of hydrogen-bond donors (Lipinski definition) is 3. The summed E-state index contributed by atoms with van der Waals surface area (Å²) in [5, 5.41) is 12.7. The van der Waals surface area contributed by atoms with E-state index in [1.54, 1.807) is 4.57 Å². The highest BCUT2D eigenvalue weighted by Gasteiger charge is 2.23. The minimum Gasteiger partial charge on any atom is -0.376 e. The first kappa shape index (κ1) is 24.3. The number of ketones is 1. The lowest BCUT2D eigenvalue weighted by Gasteiger charge is -2.21. The maximum atomic E-state index is 12.9. The van der Waals surface area contributed by atoms with Crippen LogP contribution in [0.3, 0.4) is 0 Å². The Bertz CT molecular complexity index is 1140. The first-order valence-corrected chi connectivity index (χ1v) is 11.6. The van der Waals surface area contributed by atoms with E-state index in [-0.39, 0.29) is 22.3 Å². The number of carbonyl (C=O) groups excluding carboxylic acids is 1. The number of Topliss-reactive ketones (excluding diaryl/α,β-unsaturated/α-hetero) is 1. The number of rotatable bonds is 9. The van der Waals surface area contributed by atoms with Crippen LogP contribution in [-0.4, -0.2) is 26.5 Å². The van der Waals surface area contributed by atoms with E-state index in [0.717, 1.165) is 33.6 Å². The van der Waals surface area contributed by atoms with Crippen molar-refractivity contribution in [2.75, 3.05) is 5.32 Å². The average Bonchev–Trinajstić information content (AvgIpc) is 3.23. The molecule has 2 heterocycles. The van der Waals surface area contributed by atoms with Gasteiger partial charge >= 0.3 is 0 Å². The lowest BCUT2D eigenvalue weighted by Crippen LogP contribution is -2.14. The highest BCUT2D eigenvalue weighted by molar-refractivity contribution is 6.33. The molecule has 0 aliphatic carbocycles. The van der Waals surface area contributed by atoms with Gasteiger partial charge in [-0.2, -0.15) is 0 Å². The second-order valence-corrected chi connectivity index (χ2v) is 10.0. The van der Waals surface area contributed by atoms with Gasteiger partial charge in [-0.05, 0) is 41.7 Å². The topological polar surface area (TPSA) is 86.6 Å². The van der Waals surface area contributed by atoms with Crippen molar-refractivity contribution in [2.24, 2.45) is 13.0 Å². The Morgan fingerprint density at radius 3 is 2.69 bits per heavy atom. The van der Waals surface area contributed by atoms with Crippen LogP contribution in [0.15, 0.2) is 18.3 Å². The maximum absolute atomic E-state index is 12.9. The van der Waals surface area contributed by atoms with Crippen LogP contribution in [0.1, 0.15) is 68.8 Å². The number of nitrogens with one attached hydrogen (secondary N) is 3. The number of H-pyrrole nitrogens is 1. The lowest BCUT2D eigenvalue weighted by atomic mass is 9.86. The van der Waals surface area contributed by atoms with Crippen molar-refractivity contribution in [3.8, 4) is 0 Å². The maximum Gasteiger partial charge on any atom is 0.182 e. The lowest BCUT2D eigenvalue weighted by molar-refractivity contribution is 0.0953. The minimum atomic E-state index is -0.0731. The van der Waals surface area contributed by atoms with E-state index < -0.39 is 0 Å². The number of hydrogen-bond acceptors (Lipinski definition) is 4. The Kier molecular flexibility index (Phi) is 7.36. The number of nitrogens with zero attached hydrogens (tertiary/aromatic N) is 2. The molecule has 0 fully saturated rings. The monoisotopic (exact) mass is 475 g/mol. The van der Waals surface area contributed by atoms with Gasteiger partial charge in [-0.1, -0.05) is 57.3 Å². The summed E-state index contributed by atoms with van der Waals surface area (Å²) >= 11 is 12.8. The predicted molar refractivity (Wildman–Crippen MR) is 134 cm³/mol. The molecule has 0 spiro atoms. The molecule has 172 valence electrons. The zero-order valence-electron chi connectivity index (χ0n) is 19.3. The van der Waals surface area contributed by atoms with Crippen LogP contribution in [0.5, 0.6) is 0 Å². The van der Waals surface area contributed by atoms with Crippen molar-refractivity contribution in [1.82, 2.24) is 14.5 Å². The molecular weight excluding hydrogens is 445 g/mol. The first-order chi connectivity index (χ1) is 15.1. The second kappa shape index (κ2) is 9.67. The smallest absolute Gasteiger partial charge is 0.182 e. The normalized spacial score (nSPS) is 12.8. The van der Waals surface area contributed by atoms with Gasteiger partial charge in [0.05, 0.1) is 12.2 Å². The summed E-state index contributed by atoms with van der Waals surface area (Å²) in [6, 6.07) is 4.07. The first-order valence-electron chi connectivity index (χ1n) is 10.8. The van der Waals surface area contributed by atoms with Gasteiger partial charge in [0.25, 0.3) is 0 Å². The van der Waals surface area contributed by atoms with Gasteiger partial charge in [0, 0.05) is 35.6 Å². The van der Waals surface area contributed by atoms with E-state index in [0.29, 0.717) is 30.9 Å². The van der Waals surface area contributed by atoms with Gasteiger partial charge in [0.2, 0.25) is 0 Å². The van der Waals surface area contributed by atoms with Crippen LogP contribution >= 0.6 is 23.2 Å². The quantitative estimate of drug-likeness (QED) is 0.236. The Labute approximate surface area is 199 Å². The number of aromatic amines is 1. The van der Waals surface area contributed by atoms with Crippen LogP contribution in [0.2, 0.25) is 10.2 Å². The molecular formula is C24H31Cl2N5O. The Morgan fingerprint density at radius 1 is 1.34 bits per heavy atom. The van der Waals surface area contributed by atoms with Gasteiger partial charge in [0.15, 0.2) is 10.9 Å². The third-order valence-electron chi connectivity index (χ3n) is 5.93. The van der Waals surface area contributed by atoms with E-state index in [2.05, 4.69) is 42.1 Å². The standard InChI is InChI=1S/C24H31Cl2N5O/c1-6-14(7-8-27)9-20(32)22-23(26)30-21(31(22)5)13-29-19-12-28-18-11-17(25)16(10-15(18)19)24(2,3)4/h8,10-12,14,27-29H,6-7,9,13H2,1-5H3. The van der Waals surface area contributed by atoms with Crippen molar-refractivity contribution in [3.05, 3.63) is 45.6 Å². The summed E-state index contributed by atoms with van der Waals surface area (Å²) in [6.45, 7) is 8.86. The van der Waals surface area contributed by atoms with Crippen molar-refractivity contribution in [3.63, 3.8) is 0 Å². The van der Waals surface area contributed by atoms with Crippen molar-refractivity contribution >= 4 is 51.8 Å². The highest BCUT2D eigenvalue weighted by Crippen LogP contribution is 2.35. The van der Waals surface area contributed by atoms with E-state index in [1.807, 2.05) is 26.2 Å². The second-order valence-electron chi connectivity index (χ2n) is 9.25. The van der Waals surface area contributed by atoms with E-state index in [1.165, 1.54) is 6.21 Å². The fraction of sp³-hybridized carbons (Fsp3) is 0.458. The number of benzene rings is 1. The number of imidazole rings is 1. The molecule has 0 aliphatic rings. The number of carbonyl (C=O) groups is 1. The van der Waals surface area contributed by atoms with Gasteiger partial charge in [-0.3, -0.25) is 4.79 Å². The molecule has 2 aromatic heterocycles. The number of aromatic nitrogens is 3. The zero-order chi connectivity index (χ0) is 23.6. The van der Waals surface area contributed by atoms with Gasteiger partial charge in [-0.15, -0.1) is 0 Å². The van der Waals surface area contributed by atoms with Crippen molar-refractivity contribution in [2.45, 2.75) is 58.9 Å². The molecule has 0 saturated heterocycles. The van der Waals surface area contributed by atoms with Crippen LogP contribution in [0.25, 0.3) is 10.9 Å². The molecule has 0 radical (unpaired) electrons. The predicted octanol–water partition coefficient (Wildman–Crippen LogP) is 6.76. The van der Waals surface area contributed by atoms with Crippen LogP contribution in [-0.2, 0) is 19.0 Å². The average molecular weight is 476 g/mol. The Balaban J connectivity index is 1.82. The number of halogens is 2. The summed E-state index contributed by atoms with van der Waals surface area (Å²) in [4.78, 5) is 20.5. The third-order valence-corrected chi connectivity index (χ3v) is 6.50. The molecule has 6 nitrogen and oxygen atoms in total. The number of fused-ring (bicyclic) bond motifs is 1. The van der Waals surface area contributed by atoms with Gasteiger partial charge in [-0.25, -0.2) is 4.98 Å². The highest BCUT2D eigenvalue weighted by atomic mass is 35.5. The fourth-order valence-electron chi connectivity index (χ4n) is 3.93. The molecule has 0 amide bonds. The minimum absolute atomic E-state index is 0.0403. The molecule has 0 aliphatic heterocycles. The summed E-state index contributed by atoms with van der Waals surface area (Å²) in [5.74, 6) is 0.780. The third kappa shape index (κ3) is 5.02. The zero-order valence-corrected chi connectivity index (χ0v) is 20.8. The molecule has 32 heavy (non-hydrogen) atoms. The molecule has 3 rings (SSSR count). The molecule has 3 N–H and O–H groups in total. The summed E-state index contributed by atoms with van der Waals surface area (Å²) in [6.07, 6.45) is 5.06. The molecule has 1 aromatic carbocycles. The SMILES string of the molecule is CCC(CC=N)CC(=O)c1c(Cl)nc(CNc2c[nH]c3cc(Cl)c(C(C)(C)C)cc23)n1C. The summed E-state index contributed by atoms with van der Waals surface area (Å²) < 4.78 is 1.76. The van der Waals surface area contributed by atoms with Gasteiger partial charge < -0.3 is 20.3 Å². The van der Waals surface area contributed by atoms with Crippen LogP contribution < -0.4 is 5.32 Å². The van der Waals surface area contributed by atoms with Crippen molar-refractivity contribution < 1.29 is 4.79 Å². The fourth-order valence-corrected chi connectivity index (χ4v) is 4.70. The molecule has 1 atom stereocenters. The molecule has 0 bridgehead atoms. The Morgan fingerprint density at radius 2 is 2.06 bits per heavy atom. The molecule has 8 heteroatoms. The van der Waals surface area contributed by atoms with Crippen LogP contribution in [0.4, 0.5) is 5.69 Å². The molecule has 3 aromatic rings. The summed E-state index contributed by atoms with van der Waals surface area (Å²) in [7, 11) is 1.81. The van der Waals surface area contributed by atoms with Crippen molar-refractivity contribution in [1.29, 1.82) is 5.41 Å². The Hall–Kier alpha value is -2.31. The largest absolute Gasteiger partial charge is 0.376 e.